The van der Waals surface area contributed by atoms with Crippen LogP contribution in [0.1, 0.15) is 23.6 Å². The van der Waals surface area contributed by atoms with E-state index in [0.29, 0.717) is 0 Å². The Bertz CT molecular complexity index is 587. The minimum Gasteiger partial charge on any atom is -0.381 e. The van der Waals surface area contributed by atoms with Crippen molar-refractivity contribution in [2.75, 3.05) is 23.8 Å². The molecule has 0 radical (unpaired) electrons. The first-order valence-electron chi connectivity index (χ1n) is 7.42. The van der Waals surface area contributed by atoms with E-state index >= 15 is 0 Å². The van der Waals surface area contributed by atoms with Gasteiger partial charge in [-0.05, 0) is 47.7 Å². The van der Waals surface area contributed by atoms with Crippen molar-refractivity contribution in [1.82, 2.24) is 0 Å². The fourth-order valence-electron chi connectivity index (χ4n) is 2.79. The third kappa shape index (κ3) is 2.64. The lowest BCUT2D eigenvalue weighted by atomic mass is 10.1. The van der Waals surface area contributed by atoms with Gasteiger partial charge in [0, 0.05) is 31.5 Å². The van der Waals surface area contributed by atoms with Crippen LogP contribution < -0.4 is 10.2 Å². The first-order chi connectivity index (χ1) is 9.76. The third-order valence-corrected chi connectivity index (χ3v) is 4.13. The first-order valence-corrected chi connectivity index (χ1v) is 7.42. The van der Waals surface area contributed by atoms with Crippen molar-refractivity contribution in [3.63, 3.8) is 0 Å². The van der Waals surface area contributed by atoms with E-state index in [0.717, 1.165) is 19.5 Å². The van der Waals surface area contributed by atoms with Crippen LogP contribution in [0.15, 0.2) is 42.5 Å². The summed E-state index contributed by atoms with van der Waals surface area (Å²) in [6.45, 7) is 4.22. The van der Waals surface area contributed by atoms with Crippen molar-refractivity contribution in [3.05, 3.63) is 59.2 Å². The Morgan fingerprint density at radius 3 is 2.55 bits per heavy atom. The molecule has 1 aliphatic heterocycles. The summed E-state index contributed by atoms with van der Waals surface area (Å²) < 4.78 is 0. The molecule has 20 heavy (non-hydrogen) atoms. The van der Waals surface area contributed by atoms with Gasteiger partial charge in [-0.1, -0.05) is 31.2 Å². The highest BCUT2D eigenvalue weighted by molar-refractivity contribution is 5.58. The molecule has 1 aliphatic rings. The van der Waals surface area contributed by atoms with Crippen molar-refractivity contribution in [2.24, 2.45) is 0 Å². The van der Waals surface area contributed by atoms with E-state index in [1.807, 2.05) is 0 Å². The van der Waals surface area contributed by atoms with Crippen molar-refractivity contribution in [2.45, 2.75) is 26.3 Å². The highest BCUT2D eigenvalue weighted by Crippen LogP contribution is 2.27. The van der Waals surface area contributed by atoms with Gasteiger partial charge < -0.3 is 10.2 Å². The maximum Gasteiger partial charge on any atom is 0.0400 e. The smallest absolute Gasteiger partial charge is 0.0400 e. The molecule has 2 aromatic rings. The Balaban J connectivity index is 1.66. The van der Waals surface area contributed by atoms with Crippen LogP contribution in [0.2, 0.25) is 0 Å². The maximum atomic E-state index is 3.50. The second-order valence-electron chi connectivity index (χ2n) is 5.54. The molecule has 0 saturated heterocycles. The monoisotopic (exact) mass is 266 g/mol. The summed E-state index contributed by atoms with van der Waals surface area (Å²) >= 11 is 0. The highest BCUT2D eigenvalue weighted by Gasteiger charge is 2.15. The average molecular weight is 266 g/mol. The molecule has 0 fully saturated rings. The number of likely N-dealkylation sites (N-methyl/N-ethyl adjacent to an activating group) is 1. The fourth-order valence-corrected chi connectivity index (χ4v) is 2.79. The number of aryl methyl sites for hydroxylation is 1. The number of hydrogen-bond acceptors (Lipinski definition) is 2. The quantitative estimate of drug-likeness (QED) is 0.904. The molecule has 0 amide bonds. The van der Waals surface area contributed by atoms with Crippen LogP contribution in [0, 0.1) is 0 Å². The SMILES string of the molecule is CCc1ccc(NCc2ccc3c(c2)CCN3C)cc1. The van der Waals surface area contributed by atoms with Crippen LogP contribution in [0.5, 0.6) is 0 Å². The highest BCUT2D eigenvalue weighted by atomic mass is 15.1. The largest absolute Gasteiger partial charge is 0.381 e. The Morgan fingerprint density at radius 1 is 1.05 bits per heavy atom. The zero-order valence-electron chi connectivity index (χ0n) is 12.3. The fraction of sp³-hybridized carbons (Fsp3) is 0.333. The van der Waals surface area contributed by atoms with Crippen LogP contribution in [0.3, 0.4) is 0 Å². The van der Waals surface area contributed by atoms with Crippen LogP contribution in [0.25, 0.3) is 0 Å². The molecule has 3 rings (SSSR count). The van der Waals surface area contributed by atoms with Gasteiger partial charge in [0.05, 0.1) is 0 Å². The van der Waals surface area contributed by atoms with Crippen LogP contribution in [-0.4, -0.2) is 13.6 Å². The van der Waals surface area contributed by atoms with Crippen molar-refractivity contribution >= 4 is 11.4 Å². The third-order valence-electron chi connectivity index (χ3n) is 4.13. The van der Waals surface area contributed by atoms with E-state index in [2.05, 4.69) is 66.7 Å². The summed E-state index contributed by atoms with van der Waals surface area (Å²) in [7, 11) is 2.17. The zero-order valence-corrected chi connectivity index (χ0v) is 12.3. The van der Waals surface area contributed by atoms with E-state index in [1.165, 1.54) is 34.5 Å². The molecule has 0 unspecified atom stereocenters. The van der Waals surface area contributed by atoms with Gasteiger partial charge in [0.1, 0.15) is 0 Å². The van der Waals surface area contributed by atoms with Crippen LogP contribution in [-0.2, 0) is 19.4 Å². The van der Waals surface area contributed by atoms with Gasteiger partial charge in [-0.25, -0.2) is 0 Å². The van der Waals surface area contributed by atoms with Crippen LogP contribution >= 0.6 is 0 Å². The Hall–Kier alpha value is -1.96. The lowest BCUT2D eigenvalue weighted by molar-refractivity contribution is 0.955. The number of hydrogen-bond donors (Lipinski definition) is 1. The number of benzene rings is 2. The number of nitrogens with one attached hydrogen (secondary N) is 1. The summed E-state index contributed by atoms with van der Waals surface area (Å²) in [6.07, 6.45) is 2.27. The molecule has 0 spiro atoms. The topological polar surface area (TPSA) is 15.3 Å². The van der Waals surface area contributed by atoms with E-state index < -0.39 is 0 Å². The number of nitrogens with zero attached hydrogens (tertiary/aromatic N) is 1. The van der Waals surface area contributed by atoms with E-state index in [-0.39, 0.29) is 0 Å². The van der Waals surface area contributed by atoms with Crippen molar-refractivity contribution < 1.29 is 0 Å². The normalized spacial score (nSPS) is 13.4. The van der Waals surface area contributed by atoms with E-state index in [9.17, 15) is 0 Å². The van der Waals surface area contributed by atoms with Crippen molar-refractivity contribution in [3.8, 4) is 0 Å². The minimum absolute atomic E-state index is 0.891. The van der Waals surface area contributed by atoms with Crippen molar-refractivity contribution in [1.29, 1.82) is 0 Å². The standard InChI is InChI=1S/C18H22N2/c1-3-14-4-7-17(8-5-14)19-13-15-6-9-18-16(12-15)10-11-20(18)2/h4-9,12,19H,3,10-11,13H2,1-2H3. The number of anilines is 2. The summed E-state index contributed by atoms with van der Waals surface area (Å²) in [5, 5.41) is 3.50. The molecule has 2 nitrogen and oxygen atoms in total. The molecule has 2 heteroatoms. The molecule has 0 saturated carbocycles. The van der Waals surface area contributed by atoms with Gasteiger partial charge in [0.2, 0.25) is 0 Å². The Kier molecular flexibility index (Phi) is 3.64. The minimum atomic E-state index is 0.891. The van der Waals surface area contributed by atoms with Gasteiger partial charge in [0.25, 0.3) is 0 Å². The molecule has 1 heterocycles. The summed E-state index contributed by atoms with van der Waals surface area (Å²) in [5.41, 5.74) is 6.81. The summed E-state index contributed by atoms with van der Waals surface area (Å²) in [4.78, 5) is 2.33. The lowest BCUT2D eigenvalue weighted by Crippen LogP contribution is -2.12. The number of rotatable bonds is 4. The maximum absolute atomic E-state index is 3.50. The molecule has 0 aliphatic carbocycles. The molecular formula is C18H22N2. The molecule has 104 valence electrons. The zero-order chi connectivity index (χ0) is 13.9. The molecular weight excluding hydrogens is 244 g/mol. The second-order valence-corrected chi connectivity index (χ2v) is 5.54. The van der Waals surface area contributed by atoms with Gasteiger partial charge in [-0.3, -0.25) is 0 Å². The Labute approximate surface area is 121 Å². The summed E-state index contributed by atoms with van der Waals surface area (Å²) in [6, 6.07) is 15.5. The number of fused-ring (bicyclic) bond motifs is 1. The van der Waals surface area contributed by atoms with Crippen LogP contribution in [0.4, 0.5) is 11.4 Å². The lowest BCUT2D eigenvalue weighted by Gasteiger charge is -2.13. The Morgan fingerprint density at radius 2 is 1.80 bits per heavy atom. The predicted octanol–water partition coefficient (Wildman–Crippen LogP) is 3.85. The average Bonchev–Trinajstić information content (AvgIpc) is 2.87. The molecule has 0 bridgehead atoms. The van der Waals surface area contributed by atoms with Gasteiger partial charge in [-0.15, -0.1) is 0 Å². The molecule has 0 atom stereocenters. The molecule has 1 N–H and O–H groups in total. The second kappa shape index (κ2) is 5.58. The predicted molar refractivity (Wildman–Crippen MR) is 86.6 cm³/mol. The van der Waals surface area contributed by atoms with Gasteiger partial charge in [-0.2, -0.15) is 0 Å². The van der Waals surface area contributed by atoms with Gasteiger partial charge >= 0.3 is 0 Å². The molecule has 2 aromatic carbocycles. The van der Waals surface area contributed by atoms with Gasteiger partial charge in [0.15, 0.2) is 0 Å². The first kappa shape index (κ1) is 13.0. The summed E-state index contributed by atoms with van der Waals surface area (Å²) in [5.74, 6) is 0. The van der Waals surface area contributed by atoms with E-state index in [4.69, 9.17) is 0 Å². The van der Waals surface area contributed by atoms with E-state index in [1.54, 1.807) is 0 Å². The molecule has 0 aromatic heterocycles.